The number of aryl methyl sites for hydroxylation is 1. The lowest BCUT2D eigenvalue weighted by Crippen LogP contribution is -2.45. The molecule has 0 bridgehead atoms. The highest BCUT2D eigenvalue weighted by atomic mass is 32.1. The lowest BCUT2D eigenvalue weighted by molar-refractivity contribution is -0.118. The zero-order chi connectivity index (χ0) is 17.9. The Bertz CT molecular complexity index is 721. The van der Waals surface area contributed by atoms with Crippen LogP contribution in [0.15, 0.2) is 29.6 Å². The first-order valence-electron chi connectivity index (χ1n) is 8.30. The number of nitrogens with zero attached hydrogens (tertiary/aromatic N) is 2. The van der Waals surface area contributed by atoms with Gasteiger partial charge in [-0.2, -0.15) is 0 Å². The topological polar surface area (TPSA) is 74.7 Å². The summed E-state index contributed by atoms with van der Waals surface area (Å²) in [4.78, 5) is 18.4. The predicted molar refractivity (Wildman–Crippen MR) is 98.0 cm³/mol. The number of aromatic nitrogens is 1. The van der Waals surface area contributed by atoms with Crippen LogP contribution in [-0.2, 0) is 10.4 Å². The van der Waals surface area contributed by atoms with Crippen LogP contribution in [0.2, 0.25) is 0 Å². The number of carbonyl (C=O) groups is 1. The molecule has 1 aromatic heterocycles. The summed E-state index contributed by atoms with van der Waals surface area (Å²) in [7, 11) is 1.63. The molecular weight excluding hydrogens is 338 g/mol. The highest BCUT2D eigenvalue weighted by molar-refractivity contribution is 7.13. The Balaban J connectivity index is 1.52. The fourth-order valence-electron chi connectivity index (χ4n) is 3.04. The maximum absolute atomic E-state index is 12.1. The SMILES string of the molecule is COc1ccc(C2(O)CCN(CC(=O)Nc3nc(C)cs3)CC2)cc1. The number of ether oxygens (including phenoxy) is 1. The van der Waals surface area contributed by atoms with Crippen molar-refractivity contribution >= 4 is 22.4 Å². The first-order chi connectivity index (χ1) is 12.0. The summed E-state index contributed by atoms with van der Waals surface area (Å²) in [5.74, 6) is 0.711. The fraction of sp³-hybridized carbons (Fsp3) is 0.444. The van der Waals surface area contributed by atoms with Crippen LogP contribution >= 0.6 is 11.3 Å². The summed E-state index contributed by atoms with van der Waals surface area (Å²) >= 11 is 1.43. The minimum atomic E-state index is -0.842. The third-order valence-electron chi connectivity index (χ3n) is 4.54. The highest BCUT2D eigenvalue weighted by Crippen LogP contribution is 2.33. The van der Waals surface area contributed by atoms with Crippen molar-refractivity contribution in [2.24, 2.45) is 0 Å². The third kappa shape index (κ3) is 4.36. The largest absolute Gasteiger partial charge is 0.497 e. The molecule has 0 unspecified atom stereocenters. The van der Waals surface area contributed by atoms with Crippen LogP contribution in [0.1, 0.15) is 24.1 Å². The average molecular weight is 361 g/mol. The number of hydrogen-bond acceptors (Lipinski definition) is 6. The van der Waals surface area contributed by atoms with Crippen LogP contribution in [0, 0.1) is 6.92 Å². The van der Waals surface area contributed by atoms with Crippen molar-refractivity contribution in [3.8, 4) is 5.75 Å². The van der Waals surface area contributed by atoms with Crippen molar-refractivity contribution in [3.63, 3.8) is 0 Å². The van der Waals surface area contributed by atoms with Crippen LogP contribution in [0.4, 0.5) is 5.13 Å². The Hall–Kier alpha value is -1.96. The van der Waals surface area contributed by atoms with Crippen molar-refractivity contribution in [3.05, 3.63) is 40.9 Å². The molecule has 0 spiro atoms. The minimum absolute atomic E-state index is 0.0655. The molecule has 0 atom stereocenters. The second kappa shape index (κ2) is 7.51. The number of aliphatic hydroxyl groups is 1. The highest BCUT2D eigenvalue weighted by Gasteiger charge is 2.34. The number of methoxy groups -OCH3 is 1. The number of hydrogen-bond donors (Lipinski definition) is 2. The van der Waals surface area contributed by atoms with E-state index in [1.165, 1.54) is 11.3 Å². The van der Waals surface area contributed by atoms with Crippen LogP contribution in [0.25, 0.3) is 0 Å². The van der Waals surface area contributed by atoms with E-state index >= 15 is 0 Å². The molecule has 1 aromatic carbocycles. The van der Waals surface area contributed by atoms with Crippen molar-refractivity contribution in [1.82, 2.24) is 9.88 Å². The number of piperidine rings is 1. The van der Waals surface area contributed by atoms with Gasteiger partial charge in [-0.1, -0.05) is 12.1 Å². The lowest BCUT2D eigenvalue weighted by atomic mass is 9.84. The molecule has 1 aliphatic heterocycles. The summed E-state index contributed by atoms with van der Waals surface area (Å²) in [6.45, 7) is 3.56. The van der Waals surface area contributed by atoms with Gasteiger partial charge in [0.2, 0.25) is 5.91 Å². The van der Waals surface area contributed by atoms with Gasteiger partial charge in [0.15, 0.2) is 5.13 Å². The number of anilines is 1. The van der Waals surface area contributed by atoms with E-state index in [0.717, 1.165) is 17.0 Å². The van der Waals surface area contributed by atoms with Gasteiger partial charge in [0.05, 0.1) is 24.9 Å². The van der Waals surface area contributed by atoms with E-state index in [1.54, 1.807) is 7.11 Å². The van der Waals surface area contributed by atoms with Crippen LogP contribution in [0.3, 0.4) is 0 Å². The number of carbonyl (C=O) groups excluding carboxylic acids is 1. The first-order valence-corrected chi connectivity index (χ1v) is 9.18. The maximum atomic E-state index is 12.1. The Labute approximate surface area is 151 Å². The molecule has 2 aromatic rings. The molecule has 1 fully saturated rings. The van der Waals surface area contributed by atoms with Gasteiger partial charge in [-0.15, -0.1) is 11.3 Å². The van der Waals surface area contributed by atoms with Gasteiger partial charge in [-0.25, -0.2) is 4.98 Å². The molecule has 134 valence electrons. The zero-order valence-corrected chi connectivity index (χ0v) is 15.3. The molecule has 25 heavy (non-hydrogen) atoms. The van der Waals surface area contributed by atoms with E-state index in [2.05, 4.69) is 15.2 Å². The van der Waals surface area contributed by atoms with E-state index in [4.69, 9.17) is 4.74 Å². The van der Waals surface area contributed by atoms with Gasteiger partial charge < -0.3 is 15.2 Å². The summed E-state index contributed by atoms with van der Waals surface area (Å²) in [5.41, 5.74) is 0.963. The minimum Gasteiger partial charge on any atom is -0.497 e. The predicted octanol–water partition coefficient (Wildman–Crippen LogP) is 2.38. The summed E-state index contributed by atoms with van der Waals surface area (Å²) < 4.78 is 5.16. The molecule has 1 aliphatic rings. The first kappa shape index (κ1) is 17.8. The third-order valence-corrected chi connectivity index (χ3v) is 5.42. The number of amides is 1. The van der Waals surface area contributed by atoms with Gasteiger partial charge >= 0.3 is 0 Å². The van der Waals surface area contributed by atoms with Gasteiger partial charge in [0.25, 0.3) is 0 Å². The molecule has 0 radical (unpaired) electrons. The second-order valence-corrected chi connectivity index (χ2v) is 7.24. The van der Waals surface area contributed by atoms with E-state index in [9.17, 15) is 9.90 Å². The fourth-order valence-corrected chi connectivity index (χ4v) is 3.75. The Morgan fingerprint density at radius 2 is 2.04 bits per heavy atom. The van der Waals surface area contributed by atoms with E-state index < -0.39 is 5.60 Å². The monoisotopic (exact) mass is 361 g/mol. The Kier molecular flexibility index (Phi) is 5.36. The molecule has 2 N–H and O–H groups in total. The molecular formula is C18H23N3O3S. The quantitative estimate of drug-likeness (QED) is 0.855. The van der Waals surface area contributed by atoms with Crippen LogP contribution < -0.4 is 10.1 Å². The summed E-state index contributed by atoms with van der Waals surface area (Å²) in [5, 5.41) is 16.3. The number of likely N-dealkylation sites (tertiary alicyclic amines) is 1. The molecule has 7 heteroatoms. The van der Waals surface area contributed by atoms with E-state index in [0.29, 0.717) is 37.6 Å². The normalized spacial score (nSPS) is 17.2. The summed E-state index contributed by atoms with van der Waals surface area (Å²) in [6, 6.07) is 7.55. The zero-order valence-electron chi connectivity index (χ0n) is 14.5. The molecule has 6 nitrogen and oxygen atoms in total. The standard InChI is InChI=1S/C18H23N3O3S/c1-13-12-25-17(19-13)20-16(22)11-21-9-7-18(23,8-10-21)14-3-5-15(24-2)6-4-14/h3-6,12,23H,7-11H2,1-2H3,(H,19,20,22). The molecule has 3 rings (SSSR count). The molecule has 0 aliphatic carbocycles. The molecule has 0 saturated carbocycles. The lowest BCUT2D eigenvalue weighted by Gasteiger charge is -2.38. The maximum Gasteiger partial charge on any atom is 0.240 e. The van der Waals surface area contributed by atoms with Crippen molar-refractivity contribution in [2.45, 2.75) is 25.4 Å². The summed E-state index contributed by atoms with van der Waals surface area (Å²) in [6.07, 6.45) is 1.20. The molecule has 2 heterocycles. The Morgan fingerprint density at radius 3 is 2.60 bits per heavy atom. The van der Waals surface area contributed by atoms with E-state index in [-0.39, 0.29) is 5.91 Å². The van der Waals surface area contributed by atoms with Crippen molar-refractivity contribution < 1.29 is 14.6 Å². The van der Waals surface area contributed by atoms with E-state index in [1.807, 2.05) is 36.6 Å². The van der Waals surface area contributed by atoms with Gasteiger partial charge in [-0.3, -0.25) is 9.69 Å². The number of rotatable bonds is 5. The molecule has 1 amide bonds. The van der Waals surface area contributed by atoms with Gasteiger partial charge in [0.1, 0.15) is 5.75 Å². The smallest absolute Gasteiger partial charge is 0.240 e. The number of benzene rings is 1. The van der Waals surface area contributed by atoms with Crippen molar-refractivity contribution in [1.29, 1.82) is 0 Å². The second-order valence-electron chi connectivity index (χ2n) is 6.38. The van der Waals surface area contributed by atoms with Gasteiger partial charge in [-0.05, 0) is 37.5 Å². The van der Waals surface area contributed by atoms with Crippen molar-refractivity contribution in [2.75, 3.05) is 32.1 Å². The van der Waals surface area contributed by atoms with Gasteiger partial charge in [0, 0.05) is 18.5 Å². The van der Waals surface area contributed by atoms with Crippen LogP contribution in [0.5, 0.6) is 5.75 Å². The molecule has 1 saturated heterocycles. The van der Waals surface area contributed by atoms with Crippen LogP contribution in [-0.4, -0.2) is 47.6 Å². The Morgan fingerprint density at radius 1 is 1.36 bits per heavy atom. The average Bonchev–Trinajstić information content (AvgIpc) is 3.02. The number of nitrogens with one attached hydrogen (secondary N) is 1. The number of thiazole rings is 1.